The van der Waals surface area contributed by atoms with E-state index < -0.39 is 0 Å². The van der Waals surface area contributed by atoms with Crippen LogP contribution in [0.25, 0.3) is 16.6 Å². The first kappa shape index (κ1) is 12.8. The summed E-state index contributed by atoms with van der Waals surface area (Å²) in [6, 6.07) is 16.6. The third-order valence-electron chi connectivity index (χ3n) is 3.69. The van der Waals surface area contributed by atoms with Crippen LogP contribution in [0.1, 0.15) is 12.6 Å². The van der Waals surface area contributed by atoms with Crippen molar-refractivity contribution in [2.75, 3.05) is 5.32 Å². The van der Waals surface area contributed by atoms with Crippen molar-refractivity contribution in [3.8, 4) is 0 Å². The molecule has 2 aromatic heterocycles. The molecule has 0 atom stereocenters. The number of rotatable bonds is 3. The number of hydrogen-bond acceptors (Lipinski definition) is 4. The zero-order chi connectivity index (χ0) is 14.9. The highest BCUT2D eigenvalue weighted by Gasteiger charge is 2.07. The lowest BCUT2D eigenvalue weighted by molar-refractivity contribution is 0.918. The van der Waals surface area contributed by atoms with Gasteiger partial charge in [0.2, 0.25) is 0 Å². The fraction of sp³-hybridized carbons (Fsp3) is 0.118. The smallest absolute Gasteiger partial charge is 0.254 e. The van der Waals surface area contributed by atoms with Gasteiger partial charge in [-0.25, -0.2) is 4.98 Å². The molecular weight excluding hydrogens is 274 g/mol. The van der Waals surface area contributed by atoms with Crippen LogP contribution in [0.2, 0.25) is 0 Å². The molecule has 0 amide bonds. The van der Waals surface area contributed by atoms with Crippen molar-refractivity contribution in [2.45, 2.75) is 13.3 Å². The predicted octanol–water partition coefficient (Wildman–Crippen LogP) is 3.58. The summed E-state index contributed by atoms with van der Waals surface area (Å²) < 4.78 is 1.72. The fourth-order valence-corrected chi connectivity index (χ4v) is 2.55. The van der Waals surface area contributed by atoms with Crippen molar-refractivity contribution in [3.05, 3.63) is 60.6 Å². The largest absolute Gasteiger partial charge is 0.340 e. The van der Waals surface area contributed by atoms with Gasteiger partial charge in [-0.1, -0.05) is 37.3 Å². The maximum atomic E-state index is 4.46. The van der Waals surface area contributed by atoms with Gasteiger partial charge in [0, 0.05) is 17.4 Å². The zero-order valence-electron chi connectivity index (χ0n) is 12.2. The van der Waals surface area contributed by atoms with E-state index in [1.807, 2.05) is 18.2 Å². The second-order valence-corrected chi connectivity index (χ2v) is 5.15. The maximum absolute atomic E-state index is 4.46. The van der Waals surface area contributed by atoms with Crippen LogP contribution in [-0.2, 0) is 6.42 Å². The average Bonchev–Trinajstić information content (AvgIpc) is 3.03. The quantitative estimate of drug-likeness (QED) is 0.626. The highest BCUT2D eigenvalue weighted by Crippen LogP contribution is 2.22. The third kappa shape index (κ3) is 2.16. The number of anilines is 2. The molecular formula is C17H15N5. The summed E-state index contributed by atoms with van der Waals surface area (Å²) in [4.78, 5) is 8.64. The highest BCUT2D eigenvalue weighted by molar-refractivity contribution is 5.86. The van der Waals surface area contributed by atoms with E-state index in [2.05, 4.69) is 57.6 Å². The molecule has 0 saturated carbocycles. The number of aryl methyl sites for hydroxylation is 1. The number of nitrogens with one attached hydrogen (secondary N) is 1. The van der Waals surface area contributed by atoms with Crippen LogP contribution in [-0.4, -0.2) is 19.6 Å². The second kappa shape index (κ2) is 5.11. The Morgan fingerprint density at radius 3 is 2.77 bits per heavy atom. The van der Waals surface area contributed by atoms with Gasteiger partial charge in [0.25, 0.3) is 5.78 Å². The Morgan fingerprint density at radius 2 is 1.91 bits per heavy atom. The molecule has 4 rings (SSSR count). The van der Waals surface area contributed by atoms with E-state index in [0.717, 1.165) is 23.6 Å². The van der Waals surface area contributed by atoms with Crippen LogP contribution >= 0.6 is 0 Å². The van der Waals surface area contributed by atoms with Crippen molar-refractivity contribution in [1.29, 1.82) is 0 Å². The summed E-state index contributed by atoms with van der Waals surface area (Å²) in [5, 5.41) is 10.1. The molecule has 108 valence electrons. The van der Waals surface area contributed by atoms with Gasteiger partial charge < -0.3 is 5.32 Å². The molecule has 0 radical (unpaired) electrons. The van der Waals surface area contributed by atoms with Crippen LogP contribution in [0.15, 0.2) is 54.9 Å². The van der Waals surface area contributed by atoms with Gasteiger partial charge in [-0.15, -0.1) is 0 Å². The molecule has 0 aliphatic rings. The Balaban J connectivity index is 1.79. The lowest BCUT2D eigenvalue weighted by Crippen LogP contribution is -2.03. The van der Waals surface area contributed by atoms with Gasteiger partial charge in [-0.05, 0) is 29.3 Å². The molecule has 0 unspecified atom stereocenters. The second-order valence-electron chi connectivity index (χ2n) is 5.15. The van der Waals surface area contributed by atoms with E-state index in [4.69, 9.17) is 0 Å². The SMILES string of the molecule is CCc1cc(Nc2ccc3ccccc3c2)n2ncnc2n1. The summed E-state index contributed by atoms with van der Waals surface area (Å²) in [5.41, 5.74) is 2.01. The van der Waals surface area contributed by atoms with Crippen molar-refractivity contribution >= 4 is 28.1 Å². The summed E-state index contributed by atoms with van der Waals surface area (Å²) in [5.74, 6) is 1.48. The number of nitrogens with zero attached hydrogens (tertiary/aromatic N) is 4. The molecule has 0 fully saturated rings. The van der Waals surface area contributed by atoms with E-state index in [9.17, 15) is 0 Å². The molecule has 0 saturated heterocycles. The molecule has 0 aliphatic heterocycles. The summed E-state index contributed by atoms with van der Waals surface area (Å²) in [6.07, 6.45) is 2.38. The first-order valence-electron chi connectivity index (χ1n) is 7.29. The Hall–Kier alpha value is -2.95. The lowest BCUT2D eigenvalue weighted by Gasteiger charge is -2.10. The lowest BCUT2D eigenvalue weighted by atomic mass is 10.1. The molecule has 0 bridgehead atoms. The van der Waals surface area contributed by atoms with E-state index in [1.54, 1.807) is 4.52 Å². The minimum atomic E-state index is 0.614. The standard InChI is InChI=1S/C17H15N5/c1-2-14-10-16(22-17(21-14)18-11-19-22)20-15-8-7-12-5-3-4-6-13(12)9-15/h3-11,20H,2H2,1H3. The Labute approximate surface area is 127 Å². The Morgan fingerprint density at radius 1 is 1.05 bits per heavy atom. The summed E-state index contributed by atoms with van der Waals surface area (Å²) in [7, 11) is 0. The first-order chi connectivity index (χ1) is 10.8. The molecule has 4 aromatic rings. The van der Waals surface area contributed by atoms with Gasteiger partial charge in [-0.3, -0.25) is 0 Å². The van der Waals surface area contributed by atoms with Gasteiger partial charge in [0.1, 0.15) is 12.1 Å². The molecule has 1 N–H and O–H groups in total. The van der Waals surface area contributed by atoms with Gasteiger partial charge in [0.05, 0.1) is 0 Å². The van der Waals surface area contributed by atoms with Gasteiger partial charge >= 0.3 is 0 Å². The van der Waals surface area contributed by atoms with E-state index in [-0.39, 0.29) is 0 Å². The van der Waals surface area contributed by atoms with E-state index in [1.165, 1.54) is 17.1 Å². The number of benzene rings is 2. The summed E-state index contributed by atoms with van der Waals surface area (Å²) >= 11 is 0. The maximum Gasteiger partial charge on any atom is 0.254 e. The molecule has 22 heavy (non-hydrogen) atoms. The van der Waals surface area contributed by atoms with E-state index >= 15 is 0 Å². The molecule has 0 spiro atoms. The molecule has 0 aliphatic carbocycles. The minimum absolute atomic E-state index is 0.614. The molecule has 2 aromatic carbocycles. The van der Waals surface area contributed by atoms with Gasteiger partial charge in [-0.2, -0.15) is 14.6 Å². The van der Waals surface area contributed by atoms with Crippen LogP contribution in [0.5, 0.6) is 0 Å². The Bertz CT molecular complexity index is 958. The topological polar surface area (TPSA) is 55.1 Å². The van der Waals surface area contributed by atoms with Crippen molar-refractivity contribution in [2.24, 2.45) is 0 Å². The van der Waals surface area contributed by atoms with Crippen molar-refractivity contribution in [1.82, 2.24) is 19.6 Å². The van der Waals surface area contributed by atoms with E-state index in [0.29, 0.717) is 5.78 Å². The third-order valence-corrected chi connectivity index (χ3v) is 3.69. The highest BCUT2D eigenvalue weighted by atomic mass is 15.3. The van der Waals surface area contributed by atoms with Crippen LogP contribution in [0, 0.1) is 0 Å². The number of hydrogen-bond donors (Lipinski definition) is 1. The number of aromatic nitrogens is 4. The van der Waals surface area contributed by atoms with Crippen LogP contribution < -0.4 is 5.32 Å². The summed E-state index contributed by atoms with van der Waals surface area (Å²) in [6.45, 7) is 2.08. The first-order valence-corrected chi connectivity index (χ1v) is 7.29. The van der Waals surface area contributed by atoms with Crippen molar-refractivity contribution < 1.29 is 0 Å². The molecule has 5 nitrogen and oxygen atoms in total. The molecule has 5 heteroatoms. The van der Waals surface area contributed by atoms with Gasteiger partial charge in [0.15, 0.2) is 0 Å². The predicted molar refractivity (Wildman–Crippen MR) is 87.4 cm³/mol. The van der Waals surface area contributed by atoms with Crippen LogP contribution in [0.4, 0.5) is 11.5 Å². The molecule has 2 heterocycles. The average molecular weight is 289 g/mol. The Kier molecular flexibility index (Phi) is 2.96. The fourth-order valence-electron chi connectivity index (χ4n) is 2.55. The van der Waals surface area contributed by atoms with Crippen molar-refractivity contribution in [3.63, 3.8) is 0 Å². The minimum Gasteiger partial charge on any atom is -0.340 e. The monoisotopic (exact) mass is 289 g/mol. The number of fused-ring (bicyclic) bond motifs is 2. The van der Waals surface area contributed by atoms with Crippen LogP contribution in [0.3, 0.4) is 0 Å². The normalized spacial score (nSPS) is 11.1. The zero-order valence-corrected chi connectivity index (χ0v) is 12.2.